The summed E-state index contributed by atoms with van der Waals surface area (Å²) in [6.45, 7) is 7.26. The molecule has 0 N–H and O–H groups in total. The molecule has 1 unspecified atom stereocenters. The molecule has 0 saturated carbocycles. The van der Waals surface area contributed by atoms with Gasteiger partial charge >= 0.3 is 85.5 Å². The van der Waals surface area contributed by atoms with Crippen molar-refractivity contribution in [2.45, 2.75) is 26.0 Å². The Bertz CT molecular complexity index is 243. The van der Waals surface area contributed by atoms with Crippen LogP contribution in [-0.2, 0) is 3.73 Å². The van der Waals surface area contributed by atoms with Crippen molar-refractivity contribution in [2.24, 2.45) is 0 Å². The Kier molecular flexibility index (Phi) is 4.55. The summed E-state index contributed by atoms with van der Waals surface area (Å²) in [5.74, 6) is 0. The molecule has 0 aliphatic carbocycles. The molecule has 1 nitrogen and oxygen atoms in total. The van der Waals surface area contributed by atoms with Crippen molar-refractivity contribution in [1.29, 1.82) is 0 Å². The standard InChI is InChI=1S/C11H17AsO/c1-4-12(13-5-2)11-8-6-10(3)7-9-11/h6-9H,4-5H2,1-3H3. The van der Waals surface area contributed by atoms with Gasteiger partial charge in [0.05, 0.1) is 0 Å². The number of hydrogen-bond acceptors (Lipinski definition) is 1. The molecular formula is C11H17AsO. The van der Waals surface area contributed by atoms with E-state index in [4.69, 9.17) is 3.73 Å². The Morgan fingerprint density at radius 2 is 1.77 bits per heavy atom. The van der Waals surface area contributed by atoms with Crippen molar-refractivity contribution < 1.29 is 3.73 Å². The molecule has 1 atom stereocenters. The molecule has 13 heavy (non-hydrogen) atoms. The first kappa shape index (κ1) is 10.8. The summed E-state index contributed by atoms with van der Waals surface area (Å²) in [5.41, 5.74) is 1.32. The van der Waals surface area contributed by atoms with Crippen molar-refractivity contribution in [3.63, 3.8) is 0 Å². The normalized spacial score (nSPS) is 12.8. The summed E-state index contributed by atoms with van der Waals surface area (Å²) < 4.78 is 7.20. The molecule has 0 saturated heterocycles. The van der Waals surface area contributed by atoms with Gasteiger partial charge in [-0.2, -0.15) is 0 Å². The first-order valence-electron chi connectivity index (χ1n) is 4.75. The number of hydrogen-bond donors (Lipinski definition) is 0. The minimum absolute atomic E-state index is 0.849. The molecule has 0 aliphatic heterocycles. The summed E-state index contributed by atoms with van der Waals surface area (Å²) in [4.78, 5) is 0. The van der Waals surface area contributed by atoms with Crippen LogP contribution >= 0.6 is 0 Å². The molecule has 0 amide bonds. The van der Waals surface area contributed by atoms with Gasteiger partial charge in [0.15, 0.2) is 0 Å². The Balaban J connectivity index is 2.73. The second kappa shape index (κ2) is 5.46. The fraction of sp³-hybridized carbons (Fsp3) is 0.455. The van der Waals surface area contributed by atoms with E-state index in [1.54, 1.807) is 0 Å². The fourth-order valence-corrected chi connectivity index (χ4v) is 4.34. The number of aryl methyl sites for hydroxylation is 1. The molecule has 72 valence electrons. The Morgan fingerprint density at radius 3 is 2.23 bits per heavy atom. The maximum atomic E-state index is 5.76. The molecule has 1 aromatic carbocycles. The van der Waals surface area contributed by atoms with Gasteiger partial charge in [-0.1, -0.05) is 0 Å². The van der Waals surface area contributed by atoms with Crippen LogP contribution in [-0.4, -0.2) is 21.6 Å². The van der Waals surface area contributed by atoms with Crippen molar-refractivity contribution in [2.75, 3.05) is 6.61 Å². The van der Waals surface area contributed by atoms with Gasteiger partial charge in [0.2, 0.25) is 0 Å². The van der Waals surface area contributed by atoms with E-state index in [1.165, 1.54) is 15.1 Å². The third-order valence-electron chi connectivity index (χ3n) is 1.89. The number of benzene rings is 1. The van der Waals surface area contributed by atoms with Gasteiger partial charge < -0.3 is 0 Å². The third kappa shape index (κ3) is 3.17. The first-order valence-corrected chi connectivity index (χ1v) is 7.78. The predicted molar refractivity (Wildman–Crippen MR) is 58.7 cm³/mol. The monoisotopic (exact) mass is 240 g/mol. The molecule has 1 rings (SSSR count). The van der Waals surface area contributed by atoms with Gasteiger partial charge in [0.1, 0.15) is 0 Å². The van der Waals surface area contributed by atoms with Gasteiger partial charge in [0, 0.05) is 0 Å². The van der Waals surface area contributed by atoms with Crippen LogP contribution in [0.15, 0.2) is 24.3 Å². The summed E-state index contributed by atoms with van der Waals surface area (Å²) in [6.07, 6.45) is 0. The van der Waals surface area contributed by atoms with Crippen LogP contribution in [0.3, 0.4) is 0 Å². The van der Waals surface area contributed by atoms with Crippen LogP contribution in [0.4, 0.5) is 0 Å². The molecule has 1 aromatic rings. The van der Waals surface area contributed by atoms with Crippen LogP contribution in [0.1, 0.15) is 19.4 Å². The van der Waals surface area contributed by atoms with E-state index >= 15 is 0 Å². The fourth-order valence-electron chi connectivity index (χ4n) is 1.22. The van der Waals surface area contributed by atoms with Crippen molar-refractivity contribution in [1.82, 2.24) is 0 Å². The second-order valence-electron chi connectivity index (χ2n) is 2.95. The maximum absolute atomic E-state index is 5.76. The predicted octanol–water partition coefficient (Wildman–Crippen LogP) is 2.25. The van der Waals surface area contributed by atoms with E-state index in [0.29, 0.717) is 0 Å². The molecule has 2 heteroatoms. The molecule has 0 bridgehead atoms. The van der Waals surface area contributed by atoms with E-state index in [9.17, 15) is 0 Å². The zero-order valence-electron chi connectivity index (χ0n) is 8.58. The van der Waals surface area contributed by atoms with Crippen LogP contribution in [0.5, 0.6) is 0 Å². The topological polar surface area (TPSA) is 9.23 Å². The van der Waals surface area contributed by atoms with Gasteiger partial charge in [0.25, 0.3) is 0 Å². The molecule has 0 spiro atoms. The van der Waals surface area contributed by atoms with Gasteiger partial charge in [-0.25, -0.2) is 0 Å². The van der Waals surface area contributed by atoms with Crippen LogP contribution in [0, 0.1) is 6.92 Å². The summed E-state index contributed by atoms with van der Waals surface area (Å²) >= 11 is -1.16. The van der Waals surface area contributed by atoms with E-state index in [-0.39, 0.29) is 0 Å². The summed E-state index contributed by atoms with van der Waals surface area (Å²) in [6, 6.07) is 8.78. The molecule has 0 heterocycles. The average Bonchev–Trinajstić information content (AvgIpc) is 2.16. The third-order valence-corrected chi connectivity index (χ3v) is 6.13. The zero-order chi connectivity index (χ0) is 9.68. The molecule has 0 aromatic heterocycles. The molecular weight excluding hydrogens is 223 g/mol. The zero-order valence-corrected chi connectivity index (χ0v) is 10.5. The first-order chi connectivity index (χ1) is 6.27. The van der Waals surface area contributed by atoms with E-state index in [0.717, 1.165) is 6.61 Å². The van der Waals surface area contributed by atoms with Crippen LogP contribution in [0.25, 0.3) is 0 Å². The minimum atomic E-state index is -1.16. The number of rotatable bonds is 4. The second-order valence-corrected chi connectivity index (χ2v) is 7.49. The SMILES string of the molecule is CCO[As](CC)c1ccc(C)cc1. The van der Waals surface area contributed by atoms with Crippen molar-refractivity contribution in [3.05, 3.63) is 29.8 Å². The quantitative estimate of drug-likeness (QED) is 0.733. The molecule has 0 radical (unpaired) electrons. The van der Waals surface area contributed by atoms with Crippen molar-refractivity contribution in [3.8, 4) is 0 Å². The van der Waals surface area contributed by atoms with Crippen LogP contribution < -0.4 is 4.35 Å². The summed E-state index contributed by atoms with van der Waals surface area (Å²) in [7, 11) is 0. The van der Waals surface area contributed by atoms with Crippen molar-refractivity contribution >= 4 is 19.3 Å². The molecule has 0 fully saturated rings. The Hall–Kier alpha value is -0.262. The molecule has 0 aliphatic rings. The van der Waals surface area contributed by atoms with Gasteiger partial charge in [-0.05, 0) is 0 Å². The van der Waals surface area contributed by atoms with Gasteiger partial charge in [-0.15, -0.1) is 0 Å². The average molecular weight is 240 g/mol. The van der Waals surface area contributed by atoms with Gasteiger partial charge in [-0.3, -0.25) is 0 Å². The Labute approximate surface area is 85.7 Å². The Morgan fingerprint density at radius 1 is 1.15 bits per heavy atom. The van der Waals surface area contributed by atoms with E-state index in [1.807, 2.05) is 0 Å². The van der Waals surface area contributed by atoms with E-state index < -0.39 is 15.0 Å². The summed E-state index contributed by atoms with van der Waals surface area (Å²) in [5, 5.41) is 1.18. The van der Waals surface area contributed by atoms with Crippen LogP contribution in [0.2, 0.25) is 5.21 Å². The van der Waals surface area contributed by atoms with E-state index in [2.05, 4.69) is 45.0 Å².